The van der Waals surface area contributed by atoms with Crippen molar-refractivity contribution in [1.29, 1.82) is 0 Å². The lowest BCUT2D eigenvalue weighted by Gasteiger charge is -2.09. The third-order valence-electron chi connectivity index (χ3n) is 3.21. The number of nitrogens with one attached hydrogen (secondary N) is 2. The summed E-state index contributed by atoms with van der Waals surface area (Å²) >= 11 is 5.93. The van der Waals surface area contributed by atoms with Crippen LogP contribution in [0, 0.1) is 6.92 Å². The highest BCUT2D eigenvalue weighted by Gasteiger charge is 2.05. The number of aryl methyl sites for hydroxylation is 1. The Morgan fingerprint density at radius 1 is 1.17 bits per heavy atom. The molecule has 3 amide bonds. The third-order valence-corrected chi connectivity index (χ3v) is 3.63. The highest BCUT2D eigenvalue weighted by molar-refractivity contribution is 6.31. The van der Waals surface area contributed by atoms with Gasteiger partial charge in [0.25, 0.3) is 5.91 Å². The van der Waals surface area contributed by atoms with Crippen molar-refractivity contribution >= 4 is 29.2 Å². The molecular weight excluding hydrogens is 330 g/mol. The molecule has 0 spiro atoms. The van der Waals surface area contributed by atoms with Crippen molar-refractivity contribution in [3.63, 3.8) is 0 Å². The maximum absolute atomic E-state index is 11.8. The molecule has 24 heavy (non-hydrogen) atoms. The van der Waals surface area contributed by atoms with Crippen molar-refractivity contribution in [1.82, 2.24) is 5.32 Å². The zero-order chi connectivity index (χ0) is 17.5. The molecule has 0 unspecified atom stereocenters. The van der Waals surface area contributed by atoms with E-state index in [4.69, 9.17) is 22.1 Å². The highest BCUT2D eigenvalue weighted by Crippen LogP contribution is 2.20. The second kappa shape index (κ2) is 8.21. The summed E-state index contributed by atoms with van der Waals surface area (Å²) in [5, 5.41) is 5.87. The first-order valence-electron chi connectivity index (χ1n) is 7.25. The summed E-state index contributed by atoms with van der Waals surface area (Å²) in [5.74, 6) is 0.357. The predicted molar refractivity (Wildman–Crippen MR) is 93.2 cm³/mol. The van der Waals surface area contributed by atoms with Gasteiger partial charge in [-0.2, -0.15) is 0 Å². The molecule has 4 N–H and O–H groups in total. The Morgan fingerprint density at radius 3 is 2.50 bits per heavy atom. The van der Waals surface area contributed by atoms with Crippen molar-refractivity contribution in [3.05, 3.63) is 58.6 Å². The number of nitrogens with two attached hydrogens (primary N) is 1. The van der Waals surface area contributed by atoms with Gasteiger partial charge in [0.2, 0.25) is 0 Å². The fourth-order valence-corrected chi connectivity index (χ4v) is 2.07. The van der Waals surface area contributed by atoms with Crippen LogP contribution in [0.15, 0.2) is 42.5 Å². The number of urea groups is 1. The van der Waals surface area contributed by atoms with Crippen LogP contribution in [0.5, 0.6) is 5.75 Å². The van der Waals surface area contributed by atoms with Crippen molar-refractivity contribution in [3.8, 4) is 5.75 Å². The summed E-state index contributed by atoms with van der Waals surface area (Å²) < 4.78 is 5.42. The van der Waals surface area contributed by atoms with Gasteiger partial charge in [-0.1, -0.05) is 23.7 Å². The van der Waals surface area contributed by atoms with Crippen LogP contribution in [0.3, 0.4) is 0 Å². The van der Waals surface area contributed by atoms with Crippen LogP contribution in [-0.4, -0.2) is 18.5 Å². The SMILES string of the molecule is Cc1cc(OCC(=O)NCc2ccc(NC(N)=O)cc2)ccc1Cl. The van der Waals surface area contributed by atoms with E-state index in [1.807, 2.05) is 6.92 Å². The number of carbonyl (C=O) groups excluding carboxylic acids is 2. The Kier molecular flexibility index (Phi) is 6.03. The molecule has 0 aliphatic heterocycles. The second-order valence-electron chi connectivity index (χ2n) is 5.16. The molecule has 126 valence electrons. The molecule has 2 rings (SSSR count). The van der Waals surface area contributed by atoms with Gasteiger partial charge in [-0.3, -0.25) is 4.79 Å². The van der Waals surface area contributed by atoms with E-state index in [9.17, 15) is 9.59 Å². The number of hydrogen-bond acceptors (Lipinski definition) is 3. The first kappa shape index (κ1) is 17.6. The Morgan fingerprint density at radius 2 is 1.88 bits per heavy atom. The summed E-state index contributed by atoms with van der Waals surface area (Å²) in [6, 6.07) is 11.6. The Labute approximate surface area is 144 Å². The van der Waals surface area contributed by atoms with E-state index < -0.39 is 6.03 Å². The maximum Gasteiger partial charge on any atom is 0.316 e. The van der Waals surface area contributed by atoms with Crippen LogP contribution in [0.1, 0.15) is 11.1 Å². The molecule has 2 aromatic rings. The van der Waals surface area contributed by atoms with Crippen LogP contribution < -0.4 is 21.1 Å². The second-order valence-corrected chi connectivity index (χ2v) is 5.57. The van der Waals surface area contributed by atoms with E-state index in [0.29, 0.717) is 23.0 Å². The summed E-state index contributed by atoms with van der Waals surface area (Å²) in [5.41, 5.74) is 7.41. The van der Waals surface area contributed by atoms with E-state index >= 15 is 0 Å². The van der Waals surface area contributed by atoms with Crippen molar-refractivity contribution < 1.29 is 14.3 Å². The maximum atomic E-state index is 11.8. The molecule has 0 saturated carbocycles. The zero-order valence-corrected chi connectivity index (χ0v) is 13.9. The number of amides is 3. The number of benzene rings is 2. The van der Waals surface area contributed by atoms with Crippen molar-refractivity contribution in [2.75, 3.05) is 11.9 Å². The van der Waals surface area contributed by atoms with Gasteiger partial charge in [-0.15, -0.1) is 0 Å². The minimum absolute atomic E-state index is 0.0810. The van der Waals surface area contributed by atoms with Gasteiger partial charge in [0.1, 0.15) is 5.75 Å². The highest BCUT2D eigenvalue weighted by atomic mass is 35.5. The largest absolute Gasteiger partial charge is 0.484 e. The molecule has 0 saturated heterocycles. The summed E-state index contributed by atoms with van der Waals surface area (Å²) in [6.45, 7) is 2.15. The van der Waals surface area contributed by atoms with Crippen LogP contribution in [0.4, 0.5) is 10.5 Å². The number of carbonyl (C=O) groups is 2. The zero-order valence-electron chi connectivity index (χ0n) is 13.1. The minimum Gasteiger partial charge on any atom is -0.484 e. The van der Waals surface area contributed by atoms with Crippen LogP contribution in [0.25, 0.3) is 0 Å². The molecule has 0 radical (unpaired) electrons. The van der Waals surface area contributed by atoms with E-state index in [2.05, 4.69) is 10.6 Å². The lowest BCUT2D eigenvalue weighted by atomic mass is 10.2. The van der Waals surface area contributed by atoms with E-state index in [0.717, 1.165) is 11.1 Å². The summed E-state index contributed by atoms with van der Waals surface area (Å²) in [6.07, 6.45) is 0. The number of hydrogen-bond donors (Lipinski definition) is 3. The van der Waals surface area contributed by atoms with Crippen molar-refractivity contribution in [2.45, 2.75) is 13.5 Å². The molecule has 0 atom stereocenters. The molecule has 0 fully saturated rings. The predicted octanol–water partition coefficient (Wildman–Crippen LogP) is 2.83. The number of halogens is 1. The third kappa shape index (κ3) is 5.48. The normalized spacial score (nSPS) is 10.1. The lowest BCUT2D eigenvalue weighted by Crippen LogP contribution is -2.28. The van der Waals surface area contributed by atoms with Crippen LogP contribution in [0.2, 0.25) is 5.02 Å². The van der Waals surface area contributed by atoms with Gasteiger partial charge in [-0.25, -0.2) is 4.79 Å². The Hall–Kier alpha value is -2.73. The average Bonchev–Trinajstić information content (AvgIpc) is 2.55. The van der Waals surface area contributed by atoms with Crippen LogP contribution in [-0.2, 0) is 11.3 Å². The number of rotatable bonds is 6. The molecular formula is C17H18ClN3O3. The number of anilines is 1. The summed E-state index contributed by atoms with van der Waals surface area (Å²) in [4.78, 5) is 22.5. The molecule has 0 aromatic heterocycles. The fraction of sp³-hybridized carbons (Fsp3) is 0.176. The van der Waals surface area contributed by atoms with Crippen molar-refractivity contribution in [2.24, 2.45) is 5.73 Å². The van der Waals surface area contributed by atoms with E-state index in [1.165, 1.54) is 0 Å². The van der Waals surface area contributed by atoms with Gasteiger partial charge in [0.15, 0.2) is 6.61 Å². The quantitative estimate of drug-likeness (QED) is 0.750. The number of ether oxygens (including phenoxy) is 1. The molecule has 7 heteroatoms. The molecule has 0 bridgehead atoms. The molecule has 0 aliphatic rings. The Balaban J connectivity index is 1.78. The number of primary amides is 1. The van der Waals surface area contributed by atoms with Crippen LogP contribution >= 0.6 is 11.6 Å². The fourth-order valence-electron chi connectivity index (χ4n) is 1.96. The van der Waals surface area contributed by atoms with E-state index in [-0.39, 0.29) is 12.5 Å². The first-order chi connectivity index (χ1) is 11.4. The van der Waals surface area contributed by atoms with Gasteiger partial charge >= 0.3 is 6.03 Å². The monoisotopic (exact) mass is 347 g/mol. The minimum atomic E-state index is -0.620. The molecule has 0 heterocycles. The molecule has 2 aromatic carbocycles. The average molecular weight is 348 g/mol. The molecule has 6 nitrogen and oxygen atoms in total. The van der Waals surface area contributed by atoms with Gasteiger partial charge in [-0.05, 0) is 48.4 Å². The van der Waals surface area contributed by atoms with Gasteiger partial charge in [0, 0.05) is 17.3 Å². The first-order valence-corrected chi connectivity index (χ1v) is 7.63. The van der Waals surface area contributed by atoms with Gasteiger partial charge in [0.05, 0.1) is 0 Å². The van der Waals surface area contributed by atoms with Gasteiger partial charge < -0.3 is 21.1 Å². The standard InChI is InChI=1S/C17H18ClN3O3/c1-11-8-14(6-7-15(11)18)24-10-16(22)20-9-12-2-4-13(5-3-12)21-17(19)23/h2-8H,9-10H2,1H3,(H,20,22)(H3,19,21,23). The van der Waals surface area contributed by atoms with E-state index in [1.54, 1.807) is 42.5 Å². The topological polar surface area (TPSA) is 93.4 Å². The summed E-state index contributed by atoms with van der Waals surface area (Å²) in [7, 11) is 0. The smallest absolute Gasteiger partial charge is 0.316 e. The molecule has 0 aliphatic carbocycles. The Bertz CT molecular complexity index is 732. The lowest BCUT2D eigenvalue weighted by molar-refractivity contribution is -0.123.